The number of hydrogen-bond donors (Lipinski definition) is 3. The standard InChI is InChI=1S/C15H21FN2O3/c1-10(2-5-14(19)20)6-7-18-9-12-8-11(15(17)21)3-4-13(12)16/h3-4,8,10,18H,2,5-7,9H2,1H3,(H2,17,21)(H,19,20). The van der Waals surface area contributed by atoms with Crippen molar-refractivity contribution in [2.75, 3.05) is 6.54 Å². The maximum atomic E-state index is 13.6. The van der Waals surface area contributed by atoms with Crippen molar-refractivity contribution in [2.24, 2.45) is 11.7 Å². The molecule has 0 bridgehead atoms. The highest BCUT2D eigenvalue weighted by atomic mass is 19.1. The van der Waals surface area contributed by atoms with Gasteiger partial charge >= 0.3 is 5.97 Å². The molecule has 6 heteroatoms. The third-order valence-corrected chi connectivity index (χ3v) is 3.31. The number of carbonyl (C=O) groups excluding carboxylic acids is 1. The molecule has 1 amide bonds. The Morgan fingerprint density at radius 3 is 2.71 bits per heavy atom. The summed E-state index contributed by atoms with van der Waals surface area (Å²) in [6.07, 6.45) is 1.60. The molecule has 1 aromatic carbocycles. The number of carboxylic acid groups (broad SMARTS) is 1. The van der Waals surface area contributed by atoms with E-state index in [1.165, 1.54) is 18.2 Å². The zero-order valence-corrected chi connectivity index (χ0v) is 12.1. The number of benzene rings is 1. The van der Waals surface area contributed by atoms with Crippen LogP contribution >= 0.6 is 0 Å². The maximum absolute atomic E-state index is 13.6. The van der Waals surface area contributed by atoms with E-state index in [9.17, 15) is 14.0 Å². The number of primary amides is 1. The van der Waals surface area contributed by atoms with Crippen molar-refractivity contribution >= 4 is 11.9 Å². The number of rotatable bonds is 9. The Morgan fingerprint density at radius 2 is 2.10 bits per heavy atom. The Morgan fingerprint density at radius 1 is 1.38 bits per heavy atom. The number of halogens is 1. The van der Waals surface area contributed by atoms with E-state index < -0.39 is 11.9 Å². The molecule has 1 aromatic rings. The van der Waals surface area contributed by atoms with E-state index in [2.05, 4.69) is 5.32 Å². The Bertz CT molecular complexity index is 506. The molecule has 1 rings (SSSR count). The molecule has 21 heavy (non-hydrogen) atoms. The van der Waals surface area contributed by atoms with Gasteiger partial charge in [-0.05, 0) is 43.5 Å². The Labute approximate surface area is 123 Å². The predicted octanol–water partition coefficient (Wildman–Crippen LogP) is 1.91. The normalized spacial score (nSPS) is 12.1. The number of aliphatic carboxylic acids is 1. The zero-order chi connectivity index (χ0) is 15.8. The van der Waals surface area contributed by atoms with Crippen molar-refractivity contribution < 1.29 is 19.1 Å². The fourth-order valence-corrected chi connectivity index (χ4v) is 1.95. The van der Waals surface area contributed by atoms with Gasteiger partial charge < -0.3 is 16.2 Å². The van der Waals surface area contributed by atoms with E-state index in [1.807, 2.05) is 6.92 Å². The molecule has 0 saturated heterocycles. The SMILES string of the molecule is CC(CCNCc1cc(C(N)=O)ccc1F)CCC(=O)O. The lowest BCUT2D eigenvalue weighted by Crippen LogP contribution is -2.19. The van der Waals surface area contributed by atoms with Crippen LogP contribution in [-0.4, -0.2) is 23.5 Å². The van der Waals surface area contributed by atoms with Crippen LogP contribution in [0.4, 0.5) is 4.39 Å². The first-order valence-corrected chi connectivity index (χ1v) is 6.91. The van der Waals surface area contributed by atoms with Gasteiger partial charge in [0.1, 0.15) is 5.82 Å². The number of carbonyl (C=O) groups is 2. The van der Waals surface area contributed by atoms with Gasteiger partial charge in [0.05, 0.1) is 0 Å². The van der Waals surface area contributed by atoms with Crippen molar-refractivity contribution in [2.45, 2.75) is 32.7 Å². The van der Waals surface area contributed by atoms with Crippen molar-refractivity contribution in [1.82, 2.24) is 5.32 Å². The van der Waals surface area contributed by atoms with Gasteiger partial charge in [-0.3, -0.25) is 9.59 Å². The van der Waals surface area contributed by atoms with E-state index in [4.69, 9.17) is 10.8 Å². The van der Waals surface area contributed by atoms with Crippen molar-refractivity contribution in [3.05, 3.63) is 35.1 Å². The van der Waals surface area contributed by atoms with Crippen molar-refractivity contribution in [1.29, 1.82) is 0 Å². The van der Waals surface area contributed by atoms with Crippen LogP contribution in [0.1, 0.15) is 42.1 Å². The lowest BCUT2D eigenvalue weighted by atomic mass is 10.0. The fourth-order valence-electron chi connectivity index (χ4n) is 1.95. The Hall–Kier alpha value is -1.95. The first-order chi connectivity index (χ1) is 9.90. The molecule has 0 saturated carbocycles. The molecule has 0 aromatic heterocycles. The van der Waals surface area contributed by atoms with E-state index in [0.29, 0.717) is 25.1 Å². The molecular formula is C15H21FN2O3. The summed E-state index contributed by atoms with van der Waals surface area (Å²) in [7, 11) is 0. The van der Waals surface area contributed by atoms with E-state index >= 15 is 0 Å². The summed E-state index contributed by atoms with van der Waals surface area (Å²) >= 11 is 0. The molecule has 0 aliphatic heterocycles. The smallest absolute Gasteiger partial charge is 0.303 e. The van der Waals surface area contributed by atoms with Gasteiger partial charge in [0.2, 0.25) is 5.91 Å². The van der Waals surface area contributed by atoms with Gasteiger partial charge in [0, 0.05) is 24.1 Å². The molecule has 0 aliphatic rings. The molecule has 0 fully saturated rings. The third kappa shape index (κ3) is 6.35. The van der Waals surface area contributed by atoms with E-state index in [-0.39, 0.29) is 23.7 Å². The number of nitrogens with two attached hydrogens (primary N) is 1. The largest absolute Gasteiger partial charge is 0.481 e. The number of amides is 1. The quantitative estimate of drug-likeness (QED) is 0.607. The number of nitrogens with one attached hydrogen (secondary N) is 1. The van der Waals surface area contributed by atoms with E-state index in [1.54, 1.807) is 0 Å². The summed E-state index contributed by atoms with van der Waals surface area (Å²) in [5.41, 5.74) is 5.83. The average Bonchev–Trinajstić information content (AvgIpc) is 2.42. The minimum Gasteiger partial charge on any atom is -0.481 e. The molecule has 0 spiro atoms. The van der Waals surface area contributed by atoms with Crippen LogP contribution in [0, 0.1) is 11.7 Å². The summed E-state index contributed by atoms with van der Waals surface area (Å²) in [6.45, 7) is 2.94. The second kappa shape index (κ2) is 8.36. The summed E-state index contributed by atoms with van der Waals surface area (Å²) in [5.74, 6) is -1.47. The van der Waals surface area contributed by atoms with Crippen LogP contribution in [-0.2, 0) is 11.3 Å². The van der Waals surface area contributed by atoms with Gasteiger partial charge in [0.25, 0.3) is 0 Å². The molecule has 1 atom stereocenters. The second-order valence-electron chi connectivity index (χ2n) is 5.17. The first-order valence-electron chi connectivity index (χ1n) is 6.91. The number of hydrogen-bond acceptors (Lipinski definition) is 3. The van der Waals surface area contributed by atoms with Crippen LogP contribution in [0.3, 0.4) is 0 Å². The van der Waals surface area contributed by atoms with Crippen LogP contribution in [0.15, 0.2) is 18.2 Å². The lowest BCUT2D eigenvalue weighted by Gasteiger charge is -2.11. The molecular weight excluding hydrogens is 275 g/mol. The molecule has 0 radical (unpaired) electrons. The molecule has 4 N–H and O–H groups in total. The second-order valence-corrected chi connectivity index (χ2v) is 5.17. The summed E-state index contributed by atoms with van der Waals surface area (Å²) in [5, 5.41) is 11.7. The minimum absolute atomic E-state index is 0.163. The molecule has 5 nitrogen and oxygen atoms in total. The fraction of sp³-hybridized carbons (Fsp3) is 0.467. The molecule has 116 valence electrons. The van der Waals surface area contributed by atoms with Crippen LogP contribution in [0.25, 0.3) is 0 Å². The zero-order valence-electron chi connectivity index (χ0n) is 12.1. The van der Waals surface area contributed by atoms with Crippen molar-refractivity contribution in [3.8, 4) is 0 Å². The van der Waals surface area contributed by atoms with Gasteiger partial charge in [-0.25, -0.2) is 4.39 Å². The monoisotopic (exact) mass is 296 g/mol. The highest BCUT2D eigenvalue weighted by Gasteiger charge is 2.08. The highest BCUT2D eigenvalue weighted by molar-refractivity contribution is 5.92. The topological polar surface area (TPSA) is 92.4 Å². The Balaban J connectivity index is 2.37. The van der Waals surface area contributed by atoms with Crippen LogP contribution in [0.5, 0.6) is 0 Å². The molecule has 0 heterocycles. The first kappa shape index (κ1) is 17.1. The summed E-state index contributed by atoms with van der Waals surface area (Å²) in [4.78, 5) is 21.5. The summed E-state index contributed by atoms with van der Waals surface area (Å²) in [6, 6.07) is 4.03. The summed E-state index contributed by atoms with van der Waals surface area (Å²) < 4.78 is 13.6. The Kier molecular flexibility index (Phi) is 6.81. The van der Waals surface area contributed by atoms with Gasteiger partial charge in [0.15, 0.2) is 0 Å². The van der Waals surface area contributed by atoms with Gasteiger partial charge in [-0.2, -0.15) is 0 Å². The van der Waals surface area contributed by atoms with Gasteiger partial charge in [-0.15, -0.1) is 0 Å². The molecule has 1 unspecified atom stereocenters. The minimum atomic E-state index is -0.792. The maximum Gasteiger partial charge on any atom is 0.303 e. The highest BCUT2D eigenvalue weighted by Crippen LogP contribution is 2.12. The average molecular weight is 296 g/mol. The predicted molar refractivity (Wildman–Crippen MR) is 77.3 cm³/mol. The van der Waals surface area contributed by atoms with Gasteiger partial charge in [-0.1, -0.05) is 6.92 Å². The van der Waals surface area contributed by atoms with E-state index in [0.717, 1.165) is 6.42 Å². The van der Waals surface area contributed by atoms with Crippen LogP contribution < -0.4 is 11.1 Å². The lowest BCUT2D eigenvalue weighted by molar-refractivity contribution is -0.137. The van der Waals surface area contributed by atoms with Crippen LogP contribution in [0.2, 0.25) is 0 Å². The van der Waals surface area contributed by atoms with Crippen molar-refractivity contribution in [3.63, 3.8) is 0 Å². The molecule has 0 aliphatic carbocycles. The number of carboxylic acids is 1. The third-order valence-electron chi connectivity index (χ3n) is 3.31.